The molecular weight excluding hydrogens is 348 g/mol. The van der Waals surface area contributed by atoms with E-state index in [9.17, 15) is 9.59 Å². The van der Waals surface area contributed by atoms with Crippen molar-refractivity contribution in [2.24, 2.45) is 5.92 Å². The molecule has 0 bridgehead atoms. The van der Waals surface area contributed by atoms with Crippen molar-refractivity contribution < 1.29 is 23.8 Å². The summed E-state index contributed by atoms with van der Waals surface area (Å²) in [7, 11) is 0. The smallest absolute Gasteiger partial charge is 0.411 e. The van der Waals surface area contributed by atoms with E-state index in [2.05, 4.69) is 5.32 Å². The van der Waals surface area contributed by atoms with Gasteiger partial charge in [-0.1, -0.05) is 12.1 Å². The van der Waals surface area contributed by atoms with Crippen LogP contribution < -0.4 is 15.0 Å². The minimum absolute atomic E-state index is 0.172. The van der Waals surface area contributed by atoms with Gasteiger partial charge in [0.1, 0.15) is 5.75 Å². The minimum atomic E-state index is -0.564. The van der Waals surface area contributed by atoms with Crippen molar-refractivity contribution in [3.63, 3.8) is 0 Å². The summed E-state index contributed by atoms with van der Waals surface area (Å²) in [5, 5.41) is 2.63. The van der Waals surface area contributed by atoms with E-state index in [1.54, 1.807) is 30.0 Å². The quantitative estimate of drug-likeness (QED) is 0.891. The van der Waals surface area contributed by atoms with Gasteiger partial charge in [-0.3, -0.25) is 10.1 Å². The van der Waals surface area contributed by atoms with Gasteiger partial charge in [0.2, 0.25) is 0 Å². The first kappa shape index (κ1) is 17.4. The van der Waals surface area contributed by atoms with E-state index in [1.165, 1.54) is 0 Å². The Kier molecular flexibility index (Phi) is 4.68. The van der Waals surface area contributed by atoms with E-state index in [-0.39, 0.29) is 12.5 Å². The molecule has 0 aliphatic carbocycles. The van der Waals surface area contributed by atoms with Crippen molar-refractivity contribution in [2.75, 3.05) is 36.6 Å². The van der Waals surface area contributed by atoms with Crippen LogP contribution in [0.3, 0.4) is 0 Å². The number of carbonyl (C=O) groups excluding carboxylic acids is 2. The van der Waals surface area contributed by atoms with E-state index in [4.69, 9.17) is 14.2 Å². The average molecular weight is 368 g/mol. The summed E-state index contributed by atoms with van der Waals surface area (Å²) in [5.74, 6) is 1.20. The molecule has 4 rings (SSSR count). The lowest BCUT2D eigenvalue weighted by Crippen LogP contribution is -2.42. The van der Waals surface area contributed by atoms with Crippen LogP contribution in [-0.2, 0) is 9.47 Å². The number of benzene rings is 2. The molecule has 27 heavy (non-hydrogen) atoms. The van der Waals surface area contributed by atoms with Crippen LogP contribution >= 0.6 is 0 Å². The van der Waals surface area contributed by atoms with E-state index in [0.29, 0.717) is 48.4 Å². The first-order chi connectivity index (χ1) is 13.2. The Labute approximate surface area is 156 Å². The van der Waals surface area contributed by atoms with Crippen LogP contribution in [0.25, 0.3) is 0 Å². The lowest BCUT2D eigenvalue weighted by atomic mass is 10.1. The van der Waals surface area contributed by atoms with E-state index >= 15 is 0 Å². The highest BCUT2D eigenvalue weighted by atomic mass is 16.5. The lowest BCUT2D eigenvalue weighted by molar-refractivity contribution is -0.0272. The fourth-order valence-electron chi connectivity index (χ4n) is 3.12. The summed E-state index contributed by atoms with van der Waals surface area (Å²) >= 11 is 0. The van der Waals surface area contributed by atoms with Gasteiger partial charge in [0.05, 0.1) is 31.1 Å². The van der Waals surface area contributed by atoms with Crippen LogP contribution in [0, 0.1) is 5.92 Å². The van der Waals surface area contributed by atoms with Gasteiger partial charge in [-0.2, -0.15) is 0 Å². The van der Waals surface area contributed by atoms with Gasteiger partial charge in [0.15, 0.2) is 5.75 Å². The predicted molar refractivity (Wildman–Crippen MR) is 99.6 cm³/mol. The molecule has 2 aliphatic heterocycles. The molecule has 2 aromatic carbocycles. The number of hydrogen-bond acceptors (Lipinski definition) is 5. The maximum Gasteiger partial charge on any atom is 0.411 e. The van der Waals surface area contributed by atoms with E-state index < -0.39 is 6.09 Å². The largest absolute Gasteiger partial charge is 0.454 e. The van der Waals surface area contributed by atoms with Crippen LogP contribution in [0.15, 0.2) is 42.5 Å². The Bertz CT molecular complexity index is 878. The van der Waals surface area contributed by atoms with E-state index in [1.807, 2.05) is 24.3 Å². The summed E-state index contributed by atoms with van der Waals surface area (Å²) in [6.45, 7) is 3.83. The third kappa shape index (κ3) is 3.46. The molecule has 7 nitrogen and oxygen atoms in total. The molecule has 2 amide bonds. The molecular formula is C20H20N2O5. The second-order valence-electron chi connectivity index (χ2n) is 6.45. The molecule has 0 unspecified atom stereocenters. The molecule has 0 radical (unpaired) electrons. The molecule has 2 heterocycles. The van der Waals surface area contributed by atoms with Crippen LogP contribution in [0.4, 0.5) is 16.2 Å². The van der Waals surface area contributed by atoms with Crippen molar-refractivity contribution in [1.82, 2.24) is 0 Å². The molecule has 0 saturated carbocycles. The number of nitrogens with zero attached hydrogens (tertiary/aromatic N) is 1. The standard InChI is InChI=1S/C20H20N2O5/c1-2-26-20(24)21-14-7-8-17-15(9-14)19(23)22(10-13-11-25-12-13)16-5-3-4-6-18(16)27-17/h3-9,13H,2,10-12H2,1H3,(H,21,24). The predicted octanol–water partition coefficient (Wildman–Crippen LogP) is 3.65. The second-order valence-corrected chi connectivity index (χ2v) is 6.45. The number of carbonyl (C=O) groups is 2. The normalized spacial score (nSPS) is 15.7. The third-order valence-electron chi connectivity index (χ3n) is 4.50. The maximum atomic E-state index is 13.3. The summed E-state index contributed by atoms with van der Waals surface area (Å²) in [6, 6.07) is 12.4. The summed E-state index contributed by atoms with van der Waals surface area (Å²) in [6.07, 6.45) is -0.564. The molecule has 140 valence electrons. The van der Waals surface area contributed by atoms with Gasteiger partial charge < -0.3 is 19.1 Å². The van der Waals surface area contributed by atoms with Crippen LogP contribution in [0.5, 0.6) is 11.5 Å². The fraction of sp³-hybridized carbons (Fsp3) is 0.300. The highest BCUT2D eigenvalue weighted by molar-refractivity contribution is 6.10. The molecule has 0 aromatic heterocycles. The summed E-state index contributed by atoms with van der Waals surface area (Å²) in [5.41, 5.74) is 1.59. The van der Waals surface area contributed by atoms with Crippen molar-refractivity contribution in [1.29, 1.82) is 0 Å². The van der Waals surface area contributed by atoms with Crippen molar-refractivity contribution in [2.45, 2.75) is 6.92 Å². The molecule has 2 aromatic rings. The Morgan fingerprint density at radius 2 is 2.04 bits per heavy atom. The zero-order chi connectivity index (χ0) is 18.8. The Morgan fingerprint density at radius 3 is 2.78 bits per heavy atom. The highest BCUT2D eigenvalue weighted by Gasteiger charge is 2.32. The molecule has 0 spiro atoms. The van der Waals surface area contributed by atoms with Gasteiger partial charge in [0, 0.05) is 18.2 Å². The molecule has 1 saturated heterocycles. The minimum Gasteiger partial charge on any atom is -0.454 e. The van der Waals surface area contributed by atoms with Crippen LogP contribution in [-0.4, -0.2) is 38.4 Å². The monoisotopic (exact) mass is 368 g/mol. The Hall–Kier alpha value is -3.06. The fourth-order valence-corrected chi connectivity index (χ4v) is 3.12. The van der Waals surface area contributed by atoms with Crippen LogP contribution in [0.1, 0.15) is 17.3 Å². The molecule has 0 atom stereocenters. The Morgan fingerprint density at radius 1 is 1.22 bits per heavy atom. The van der Waals surface area contributed by atoms with Gasteiger partial charge in [0.25, 0.3) is 5.91 Å². The van der Waals surface area contributed by atoms with Gasteiger partial charge in [-0.15, -0.1) is 0 Å². The number of ether oxygens (including phenoxy) is 3. The number of fused-ring (bicyclic) bond motifs is 2. The molecule has 2 aliphatic rings. The van der Waals surface area contributed by atoms with Crippen molar-refractivity contribution in [3.05, 3.63) is 48.0 Å². The summed E-state index contributed by atoms with van der Waals surface area (Å²) in [4.78, 5) is 26.7. The third-order valence-corrected chi connectivity index (χ3v) is 4.50. The molecule has 1 fully saturated rings. The number of anilines is 2. The lowest BCUT2D eigenvalue weighted by Gasteiger charge is -2.32. The van der Waals surface area contributed by atoms with Crippen molar-refractivity contribution >= 4 is 23.4 Å². The van der Waals surface area contributed by atoms with E-state index in [0.717, 1.165) is 5.69 Å². The first-order valence-electron chi connectivity index (χ1n) is 8.90. The Balaban J connectivity index is 1.69. The highest BCUT2D eigenvalue weighted by Crippen LogP contribution is 2.40. The number of rotatable bonds is 4. The van der Waals surface area contributed by atoms with Crippen LogP contribution in [0.2, 0.25) is 0 Å². The number of nitrogens with one attached hydrogen (secondary N) is 1. The zero-order valence-electron chi connectivity index (χ0n) is 14.9. The average Bonchev–Trinajstić information content (AvgIpc) is 2.73. The second kappa shape index (κ2) is 7.28. The molecule has 7 heteroatoms. The van der Waals surface area contributed by atoms with Gasteiger partial charge in [-0.25, -0.2) is 4.79 Å². The van der Waals surface area contributed by atoms with Gasteiger partial charge in [-0.05, 0) is 37.3 Å². The SMILES string of the molecule is CCOC(=O)Nc1ccc2c(c1)C(=O)N(CC1COC1)c1ccccc1O2. The number of para-hydroxylation sites is 2. The van der Waals surface area contributed by atoms with Gasteiger partial charge >= 0.3 is 6.09 Å². The maximum absolute atomic E-state index is 13.3. The number of amides is 2. The number of hydrogen-bond donors (Lipinski definition) is 1. The van der Waals surface area contributed by atoms with Crippen molar-refractivity contribution in [3.8, 4) is 11.5 Å². The topological polar surface area (TPSA) is 77.1 Å². The molecule has 1 N–H and O–H groups in total. The first-order valence-corrected chi connectivity index (χ1v) is 8.90. The zero-order valence-corrected chi connectivity index (χ0v) is 14.9. The summed E-state index contributed by atoms with van der Waals surface area (Å²) < 4.78 is 16.2.